The van der Waals surface area contributed by atoms with Crippen molar-refractivity contribution in [2.24, 2.45) is 0 Å². The zero-order chi connectivity index (χ0) is 37.8. The van der Waals surface area contributed by atoms with Crippen molar-refractivity contribution in [2.75, 3.05) is 0 Å². The van der Waals surface area contributed by atoms with Crippen LogP contribution in [0.5, 0.6) is 0 Å². The highest BCUT2D eigenvalue weighted by Gasteiger charge is 2.39. The average molecular weight is 717 g/mol. The molecule has 0 bridgehead atoms. The molecule has 0 fully saturated rings. The molecular formula is C54H40N2. The summed E-state index contributed by atoms with van der Waals surface area (Å²) in [6, 6.07) is 61.9. The zero-order valence-electron chi connectivity index (χ0n) is 32.1. The smallest absolute Gasteiger partial charge is 0.161 e. The van der Waals surface area contributed by atoms with Crippen molar-refractivity contribution in [1.82, 2.24) is 9.97 Å². The lowest BCUT2D eigenvalue weighted by molar-refractivity contribution is 0.660. The third kappa shape index (κ3) is 4.62. The Labute approximate surface area is 328 Å². The Morgan fingerprint density at radius 3 is 1.73 bits per heavy atom. The molecule has 2 heteroatoms. The van der Waals surface area contributed by atoms with Crippen molar-refractivity contribution >= 4 is 21.5 Å². The molecule has 0 unspecified atom stereocenters. The van der Waals surface area contributed by atoms with Crippen LogP contribution in [0.15, 0.2) is 170 Å². The second-order valence-corrected chi connectivity index (χ2v) is 16.5. The van der Waals surface area contributed by atoms with Gasteiger partial charge in [-0.1, -0.05) is 185 Å². The van der Waals surface area contributed by atoms with Gasteiger partial charge < -0.3 is 0 Å². The van der Waals surface area contributed by atoms with Gasteiger partial charge in [-0.25, -0.2) is 9.97 Å². The quantitative estimate of drug-likeness (QED) is 0.181. The fourth-order valence-corrected chi connectivity index (χ4v) is 10.1. The molecular weight excluding hydrogens is 677 g/mol. The fraction of sp³-hybridized carbons (Fsp3) is 0.111. The predicted octanol–water partition coefficient (Wildman–Crippen LogP) is 14.1. The van der Waals surface area contributed by atoms with E-state index in [1.54, 1.807) is 0 Å². The van der Waals surface area contributed by atoms with E-state index in [1.165, 1.54) is 71.8 Å². The standard InChI is InChI=1S/C54H40N2/c1-53(2)45-26-13-12-22-43(45)49-44(25-15-27-46(49)53)48-32-47(34-17-6-5-7-18-34)55-52(56-48)42-31-30-38(36-20-10-11-21-37(36)42)39-23-14-24-40-41-29-28-33-16-8-9-19-35(33)50(41)54(3,4)51(39)40/h5-32H,1-4H3. The van der Waals surface area contributed by atoms with Crippen LogP contribution in [0.4, 0.5) is 0 Å². The number of hydrogen-bond acceptors (Lipinski definition) is 2. The van der Waals surface area contributed by atoms with Gasteiger partial charge in [-0.2, -0.15) is 0 Å². The highest BCUT2D eigenvalue weighted by atomic mass is 14.9. The van der Waals surface area contributed by atoms with E-state index in [4.69, 9.17) is 9.97 Å². The van der Waals surface area contributed by atoms with Gasteiger partial charge in [0.15, 0.2) is 5.82 Å². The fourth-order valence-electron chi connectivity index (χ4n) is 10.1. The minimum Gasteiger partial charge on any atom is -0.228 e. The van der Waals surface area contributed by atoms with E-state index in [0.717, 1.165) is 39.3 Å². The maximum Gasteiger partial charge on any atom is 0.161 e. The maximum absolute atomic E-state index is 5.48. The molecule has 266 valence electrons. The van der Waals surface area contributed by atoms with Gasteiger partial charge in [0.05, 0.1) is 11.4 Å². The van der Waals surface area contributed by atoms with E-state index < -0.39 is 0 Å². The highest BCUT2D eigenvalue weighted by Crippen LogP contribution is 2.55. The van der Waals surface area contributed by atoms with Crippen LogP contribution in [-0.4, -0.2) is 9.97 Å². The number of rotatable bonds is 4. The lowest BCUT2D eigenvalue weighted by Gasteiger charge is -2.26. The van der Waals surface area contributed by atoms with E-state index >= 15 is 0 Å². The van der Waals surface area contributed by atoms with Crippen LogP contribution in [0.2, 0.25) is 0 Å². The van der Waals surface area contributed by atoms with Crippen molar-refractivity contribution in [3.63, 3.8) is 0 Å². The van der Waals surface area contributed by atoms with Crippen LogP contribution in [0, 0.1) is 0 Å². The molecule has 0 N–H and O–H groups in total. The van der Waals surface area contributed by atoms with Gasteiger partial charge in [-0.3, -0.25) is 0 Å². The lowest BCUT2D eigenvalue weighted by atomic mass is 9.77. The number of aromatic nitrogens is 2. The third-order valence-corrected chi connectivity index (χ3v) is 12.7. The summed E-state index contributed by atoms with van der Waals surface area (Å²) in [6.07, 6.45) is 0. The summed E-state index contributed by atoms with van der Waals surface area (Å²) in [7, 11) is 0. The number of nitrogens with zero attached hydrogens (tertiary/aromatic N) is 2. The van der Waals surface area contributed by atoms with Crippen LogP contribution in [0.1, 0.15) is 49.9 Å². The van der Waals surface area contributed by atoms with Crippen LogP contribution in [0.3, 0.4) is 0 Å². The molecule has 9 aromatic rings. The topological polar surface area (TPSA) is 25.8 Å². The van der Waals surface area contributed by atoms with Gasteiger partial charge in [0, 0.05) is 27.5 Å². The molecule has 0 spiro atoms. The Morgan fingerprint density at radius 1 is 0.357 bits per heavy atom. The number of benzene rings is 8. The van der Waals surface area contributed by atoms with Gasteiger partial charge in [-0.15, -0.1) is 0 Å². The van der Waals surface area contributed by atoms with E-state index in [1.807, 2.05) is 0 Å². The summed E-state index contributed by atoms with van der Waals surface area (Å²) in [5.74, 6) is 0.727. The predicted molar refractivity (Wildman–Crippen MR) is 234 cm³/mol. The van der Waals surface area contributed by atoms with Crippen molar-refractivity contribution in [3.8, 4) is 67.3 Å². The molecule has 0 atom stereocenters. The van der Waals surface area contributed by atoms with Gasteiger partial charge >= 0.3 is 0 Å². The van der Waals surface area contributed by atoms with Crippen molar-refractivity contribution in [2.45, 2.75) is 38.5 Å². The van der Waals surface area contributed by atoms with E-state index in [2.05, 4.69) is 198 Å². The lowest BCUT2D eigenvalue weighted by Crippen LogP contribution is -2.17. The van der Waals surface area contributed by atoms with Gasteiger partial charge in [0.1, 0.15) is 0 Å². The Morgan fingerprint density at radius 2 is 0.911 bits per heavy atom. The number of fused-ring (bicyclic) bond motifs is 9. The van der Waals surface area contributed by atoms with Crippen LogP contribution >= 0.6 is 0 Å². The van der Waals surface area contributed by atoms with Gasteiger partial charge in [0.2, 0.25) is 0 Å². The van der Waals surface area contributed by atoms with E-state index in [9.17, 15) is 0 Å². The summed E-state index contributed by atoms with van der Waals surface area (Å²) < 4.78 is 0. The monoisotopic (exact) mass is 716 g/mol. The molecule has 11 rings (SSSR count). The Bertz CT molecular complexity index is 3080. The normalized spacial score (nSPS) is 14.4. The largest absolute Gasteiger partial charge is 0.228 e. The molecule has 0 aliphatic heterocycles. The van der Waals surface area contributed by atoms with Crippen LogP contribution < -0.4 is 0 Å². The molecule has 2 nitrogen and oxygen atoms in total. The summed E-state index contributed by atoms with van der Waals surface area (Å²) in [6.45, 7) is 9.46. The molecule has 0 saturated heterocycles. The molecule has 56 heavy (non-hydrogen) atoms. The molecule has 1 aromatic heterocycles. The van der Waals surface area contributed by atoms with Gasteiger partial charge in [0.25, 0.3) is 0 Å². The summed E-state index contributed by atoms with van der Waals surface area (Å²) >= 11 is 0. The van der Waals surface area contributed by atoms with Crippen molar-refractivity contribution < 1.29 is 0 Å². The molecule has 2 aliphatic rings. The highest BCUT2D eigenvalue weighted by molar-refractivity contribution is 6.07. The summed E-state index contributed by atoms with van der Waals surface area (Å²) in [5, 5.41) is 4.96. The minimum absolute atomic E-state index is 0.104. The first-order chi connectivity index (χ1) is 27.3. The Kier molecular flexibility index (Phi) is 6.98. The van der Waals surface area contributed by atoms with E-state index in [-0.39, 0.29) is 10.8 Å². The maximum atomic E-state index is 5.48. The first-order valence-electron chi connectivity index (χ1n) is 19.7. The average Bonchev–Trinajstić information content (AvgIpc) is 3.63. The zero-order valence-corrected chi connectivity index (χ0v) is 32.1. The first-order valence-corrected chi connectivity index (χ1v) is 19.7. The molecule has 1 heterocycles. The molecule has 0 radical (unpaired) electrons. The minimum atomic E-state index is -0.187. The van der Waals surface area contributed by atoms with Crippen molar-refractivity contribution in [3.05, 3.63) is 192 Å². The first kappa shape index (κ1) is 32.8. The Balaban J connectivity index is 1.12. The molecule has 2 aliphatic carbocycles. The van der Waals surface area contributed by atoms with Gasteiger partial charge in [-0.05, 0) is 89.3 Å². The second kappa shape index (κ2) is 11.9. The van der Waals surface area contributed by atoms with Crippen LogP contribution in [-0.2, 0) is 10.8 Å². The number of hydrogen-bond donors (Lipinski definition) is 0. The molecule has 8 aromatic carbocycles. The molecule has 0 saturated carbocycles. The second-order valence-electron chi connectivity index (χ2n) is 16.5. The van der Waals surface area contributed by atoms with Crippen molar-refractivity contribution in [1.29, 1.82) is 0 Å². The Hall–Kier alpha value is -6.64. The summed E-state index contributed by atoms with van der Waals surface area (Å²) in [4.78, 5) is 10.8. The third-order valence-electron chi connectivity index (χ3n) is 12.7. The van der Waals surface area contributed by atoms with E-state index in [0.29, 0.717) is 0 Å². The SMILES string of the molecule is CC1(C)c2ccccc2-c2c(-c3cc(-c4ccccc4)nc(-c4ccc(-c5cccc6c5C(C)(C)c5c-6ccc6ccccc56)c5ccccc45)n3)cccc21. The van der Waals surface area contributed by atoms with Crippen LogP contribution in [0.25, 0.3) is 88.8 Å². The molecule has 0 amide bonds. The summed E-state index contributed by atoms with van der Waals surface area (Å²) in [5.41, 5.74) is 18.0.